The average molecular weight is 401 g/mol. The molecule has 0 aliphatic rings. The molecular weight excluding hydrogens is 392 g/mol. The zero-order valence-corrected chi connectivity index (χ0v) is 13.6. The lowest BCUT2D eigenvalue weighted by Gasteiger charge is -2.10. The van der Waals surface area contributed by atoms with Gasteiger partial charge in [-0.25, -0.2) is 4.39 Å². The second kappa shape index (κ2) is 7.95. The van der Waals surface area contributed by atoms with E-state index in [-0.39, 0.29) is 16.5 Å². The Bertz CT molecular complexity index is 567. The topological polar surface area (TPSA) is 9.23 Å². The van der Waals surface area contributed by atoms with Crippen LogP contribution in [0.15, 0.2) is 56.7 Å². The molecule has 0 radical (unpaired) electrons. The molecule has 0 saturated heterocycles. The van der Waals surface area contributed by atoms with Crippen molar-refractivity contribution in [2.45, 2.75) is 16.2 Å². The zero-order valence-electron chi connectivity index (χ0n) is 10.2. The summed E-state index contributed by atoms with van der Waals surface area (Å²) in [7, 11) is 0. The van der Waals surface area contributed by atoms with Gasteiger partial charge in [-0.1, -0.05) is 15.9 Å². The fourth-order valence-electron chi connectivity index (χ4n) is 1.14. The van der Waals surface area contributed by atoms with Gasteiger partial charge >= 0.3 is 6.36 Å². The molecule has 0 heterocycles. The van der Waals surface area contributed by atoms with Crippen molar-refractivity contribution in [1.82, 2.24) is 0 Å². The lowest BCUT2D eigenvalue weighted by Crippen LogP contribution is -2.17. The third-order valence-electron chi connectivity index (χ3n) is 1.97. The van der Waals surface area contributed by atoms with Gasteiger partial charge in [0.05, 0.1) is 0 Å². The highest BCUT2D eigenvalue weighted by Crippen LogP contribution is 2.31. The molecule has 0 bridgehead atoms. The van der Waals surface area contributed by atoms with Gasteiger partial charge in [-0.2, -0.15) is 0 Å². The van der Waals surface area contributed by atoms with Crippen molar-refractivity contribution in [3.8, 4) is 5.75 Å². The van der Waals surface area contributed by atoms with E-state index in [1.54, 1.807) is 18.2 Å². The summed E-state index contributed by atoms with van der Waals surface area (Å²) in [6, 6.07) is 10.2. The molecule has 0 aliphatic carbocycles. The second-order valence-corrected chi connectivity index (χ2v) is 5.55. The van der Waals surface area contributed by atoms with Crippen LogP contribution in [0.25, 0.3) is 0 Å². The first-order chi connectivity index (χ1) is 9.67. The number of hydrogen-bond acceptors (Lipinski definition) is 3. The minimum absolute atomic E-state index is 0.139. The van der Waals surface area contributed by atoms with Gasteiger partial charge in [0.15, 0.2) is 0 Å². The Morgan fingerprint density at radius 3 is 2.00 bits per heavy atom. The molecule has 0 atom stereocenters. The van der Waals surface area contributed by atoms with Crippen LogP contribution >= 0.6 is 41.2 Å². The number of hydrogen-bond donors (Lipinski definition) is 2. The molecule has 21 heavy (non-hydrogen) atoms. The van der Waals surface area contributed by atoms with Crippen molar-refractivity contribution >= 4 is 41.2 Å². The molecule has 0 fully saturated rings. The number of halogens is 5. The van der Waals surface area contributed by atoms with Crippen molar-refractivity contribution in [1.29, 1.82) is 0 Å². The van der Waals surface area contributed by atoms with Crippen LogP contribution < -0.4 is 4.74 Å². The lowest BCUT2D eigenvalue weighted by atomic mass is 10.3. The summed E-state index contributed by atoms with van der Waals surface area (Å²) < 4.78 is 51.6. The standard InChI is InChI=1S/C7H4BrF3OS.C6H5FS/c8-4-1-2-6(13)5(3-4)12-7(9,10)11;7-5-1-3-6(8)4-2-5/h1-3,13H;1-4,8H. The third kappa shape index (κ3) is 7.63. The number of benzene rings is 2. The normalized spacial score (nSPS) is 10.6. The molecule has 2 rings (SSSR count). The lowest BCUT2D eigenvalue weighted by molar-refractivity contribution is -0.275. The Hall–Kier alpha value is -0.860. The summed E-state index contributed by atoms with van der Waals surface area (Å²) in [6.45, 7) is 0. The van der Waals surface area contributed by atoms with E-state index in [2.05, 4.69) is 45.9 Å². The van der Waals surface area contributed by atoms with Gasteiger partial charge in [0.1, 0.15) is 11.6 Å². The number of alkyl halides is 3. The highest BCUT2D eigenvalue weighted by molar-refractivity contribution is 9.10. The fraction of sp³-hybridized carbons (Fsp3) is 0.0769. The first-order valence-corrected chi connectivity index (χ1v) is 7.05. The van der Waals surface area contributed by atoms with Crippen LogP contribution in [0, 0.1) is 5.82 Å². The SMILES string of the molecule is FC(F)(F)Oc1cc(Br)ccc1S.Fc1ccc(S)cc1. The third-order valence-corrected chi connectivity index (χ3v) is 3.14. The van der Waals surface area contributed by atoms with E-state index in [4.69, 9.17) is 0 Å². The van der Waals surface area contributed by atoms with Crippen LogP contribution in [0.1, 0.15) is 0 Å². The summed E-state index contributed by atoms with van der Waals surface area (Å²) in [6.07, 6.45) is -4.68. The van der Waals surface area contributed by atoms with Crippen molar-refractivity contribution in [2.75, 3.05) is 0 Å². The quantitative estimate of drug-likeness (QED) is 0.457. The Labute approximate surface area is 138 Å². The maximum absolute atomic E-state index is 12.1. The average Bonchev–Trinajstić information content (AvgIpc) is 2.37. The molecular formula is C13H9BrF4OS2. The van der Waals surface area contributed by atoms with Crippen LogP contribution in [-0.4, -0.2) is 6.36 Å². The van der Waals surface area contributed by atoms with Crippen molar-refractivity contribution in [2.24, 2.45) is 0 Å². The first kappa shape index (κ1) is 18.2. The van der Waals surface area contributed by atoms with E-state index in [9.17, 15) is 17.6 Å². The largest absolute Gasteiger partial charge is 0.573 e. The maximum atomic E-state index is 12.1. The molecule has 2 aromatic carbocycles. The van der Waals surface area contributed by atoms with Gasteiger partial charge in [-0.15, -0.1) is 38.4 Å². The highest BCUT2D eigenvalue weighted by Gasteiger charge is 2.31. The highest BCUT2D eigenvalue weighted by atomic mass is 79.9. The minimum Gasteiger partial charge on any atom is -0.405 e. The summed E-state index contributed by atoms with van der Waals surface area (Å²) >= 11 is 10.8. The Morgan fingerprint density at radius 2 is 1.52 bits per heavy atom. The van der Waals surface area contributed by atoms with Crippen LogP contribution in [0.4, 0.5) is 17.6 Å². The first-order valence-electron chi connectivity index (χ1n) is 5.36. The molecule has 0 unspecified atom stereocenters. The summed E-state index contributed by atoms with van der Waals surface area (Å²) in [5.74, 6) is -0.534. The van der Waals surface area contributed by atoms with Crippen molar-refractivity contribution in [3.05, 3.63) is 52.8 Å². The van der Waals surface area contributed by atoms with E-state index in [0.29, 0.717) is 4.47 Å². The van der Waals surface area contributed by atoms with Crippen LogP contribution in [0.5, 0.6) is 5.75 Å². The molecule has 1 nitrogen and oxygen atoms in total. The van der Waals surface area contributed by atoms with Gasteiger partial charge in [-0.05, 0) is 42.5 Å². The summed E-state index contributed by atoms with van der Waals surface area (Å²) in [5.41, 5.74) is 0. The summed E-state index contributed by atoms with van der Waals surface area (Å²) in [5, 5.41) is 0. The molecule has 0 aromatic heterocycles. The Balaban J connectivity index is 0.000000235. The molecule has 0 saturated carbocycles. The van der Waals surface area contributed by atoms with Crippen LogP contribution in [0.3, 0.4) is 0 Å². The van der Waals surface area contributed by atoms with Gasteiger partial charge in [-0.3, -0.25) is 0 Å². The minimum atomic E-state index is -4.68. The van der Waals surface area contributed by atoms with E-state index < -0.39 is 6.36 Å². The smallest absolute Gasteiger partial charge is 0.405 e. The molecule has 0 amide bonds. The van der Waals surface area contributed by atoms with Crippen LogP contribution in [-0.2, 0) is 0 Å². The van der Waals surface area contributed by atoms with Crippen molar-refractivity contribution in [3.63, 3.8) is 0 Å². The Morgan fingerprint density at radius 1 is 0.952 bits per heavy atom. The van der Waals surface area contributed by atoms with E-state index in [0.717, 1.165) is 4.90 Å². The summed E-state index contributed by atoms with van der Waals surface area (Å²) in [4.78, 5) is 0.923. The monoisotopic (exact) mass is 400 g/mol. The molecule has 0 aliphatic heterocycles. The second-order valence-electron chi connectivity index (χ2n) is 3.64. The van der Waals surface area contributed by atoms with E-state index >= 15 is 0 Å². The fourth-order valence-corrected chi connectivity index (χ4v) is 1.81. The molecule has 114 valence electrons. The van der Waals surface area contributed by atoms with Gasteiger partial charge < -0.3 is 4.74 Å². The van der Waals surface area contributed by atoms with Crippen molar-refractivity contribution < 1.29 is 22.3 Å². The Kier molecular flexibility index (Phi) is 6.89. The van der Waals surface area contributed by atoms with Crippen LogP contribution in [0.2, 0.25) is 0 Å². The van der Waals surface area contributed by atoms with Gasteiger partial charge in [0, 0.05) is 14.3 Å². The number of ether oxygens (including phenoxy) is 1. The van der Waals surface area contributed by atoms with Gasteiger partial charge in [0.25, 0.3) is 0 Å². The zero-order chi connectivity index (χ0) is 16.0. The molecule has 2 aromatic rings. The van der Waals surface area contributed by atoms with E-state index in [1.807, 2.05) is 0 Å². The molecule has 0 spiro atoms. The van der Waals surface area contributed by atoms with Gasteiger partial charge in [0.2, 0.25) is 0 Å². The maximum Gasteiger partial charge on any atom is 0.573 e. The number of rotatable bonds is 1. The molecule has 0 N–H and O–H groups in total. The predicted molar refractivity (Wildman–Crippen MR) is 81.7 cm³/mol. The number of thiol groups is 2. The predicted octanol–water partition coefficient (Wildman–Crippen LogP) is 5.75. The molecule has 8 heteroatoms. The van der Waals surface area contributed by atoms with E-state index in [1.165, 1.54) is 24.3 Å².